The van der Waals surface area contributed by atoms with Crippen molar-refractivity contribution in [2.75, 3.05) is 31.5 Å². The molecule has 0 aliphatic carbocycles. The molecule has 4 aromatic rings. The number of likely N-dealkylation sites (tertiary alicyclic amines) is 1. The molecule has 2 amide bonds. The molecule has 1 saturated heterocycles. The zero-order valence-electron chi connectivity index (χ0n) is 23.2. The molecule has 2 heterocycles. The maximum absolute atomic E-state index is 12.7. The van der Waals surface area contributed by atoms with Crippen LogP contribution in [0.1, 0.15) is 19.3 Å². The number of nitrogens with zero attached hydrogens (tertiary/aromatic N) is 2. The van der Waals surface area contributed by atoms with Crippen molar-refractivity contribution in [1.82, 2.24) is 15.2 Å². The molecule has 0 unspecified atom stereocenters. The van der Waals surface area contributed by atoms with Gasteiger partial charge in [-0.3, -0.25) is 9.87 Å². The van der Waals surface area contributed by atoms with Gasteiger partial charge in [-0.05, 0) is 62.3 Å². The van der Waals surface area contributed by atoms with Crippen LogP contribution in [0.4, 0.5) is 9.93 Å². The first-order valence-electron chi connectivity index (χ1n) is 13.2. The standard InChI is InChI=1S/C21H22Cl2N4O4S2.C6H4Cl2O3S/c22-15-5-4-6-16(23)19(15)33(29,30)31-14-7-8-17-18(13-14)32-21(25-17)26-20(28)24-9-12-27-10-2-1-3-11-27;7-4-2-1-3-5(8)6(4)12(9,10)11/h4-8,13H,1-3,9-12H2,(H2,24,25,26,28);1-3H,(H,9,10,11). The number of carbonyl (C=O) groups excluding carboxylic acids is 1. The van der Waals surface area contributed by atoms with Crippen molar-refractivity contribution in [1.29, 1.82) is 0 Å². The van der Waals surface area contributed by atoms with E-state index in [-0.39, 0.29) is 36.8 Å². The summed E-state index contributed by atoms with van der Waals surface area (Å²) < 4.78 is 61.2. The fraction of sp³-hybridized carbons (Fsp3) is 0.259. The van der Waals surface area contributed by atoms with Crippen molar-refractivity contribution < 1.29 is 30.4 Å². The molecule has 1 aliphatic heterocycles. The summed E-state index contributed by atoms with van der Waals surface area (Å²) in [7, 11) is -8.57. The number of hydrogen-bond acceptors (Lipinski definition) is 9. The highest BCUT2D eigenvalue weighted by Crippen LogP contribution is 2.34. The van der Waals surface area contributed by atoms with E-state index < -0.39 is 25.1 Å². The molecule has 1 aliphatic rings. The van der Waals surface area contributed by atoms with E-state index in [1.165, 1.54) is 73.1 Å². The number of halogens is 4. The van der Waals surface area contributed by atoms with Gasteiger partial charge >= 0.3 is 16.1 Å². The van der Waals surface area contributed by atoms with Crippen LogP contribution < -0.4 is 14.8 Å². The lowest BCUT2D eigenvalue weighted by molar-refractivity contribution is 0.224. The number of hydrogen-bond donors (Lipinski definition) is 3. The number of aromatic nitrogens is 1. The first-order chi connectivity index (χ1) is 21.2. The Morgan fingerprint density at radius 1 is 0.889 bits per heavy atom. The average Bonchev–Trinajstić information content (AvgIpc) is 3.34. The summed E-state index contributed by atoms with van der Waals surface area (Å²) in [5, 5.41) is 5.72. The number of anilines is 1. The summed E-state index contributed by atoms with van der Waals surface area (Å²) >= 11 is 24.2. The molecule has 0 atom stereocenters. The molecular weight excluding hydrogens is 730 g/mol. The molecule has 3 aromatic carbocycles. The third-order valence-electron chi connectivity index (χ3n) is 6.29. The van der Waals surface area contributed by atoms with E-state index in [2.05, 4.69) is 20.5 Å². The number of benzene rings is 3. The zero-order valence-corrected chi connectivity index (χ0v) is 28.6. The monoisotopic (exact) mass is 754 g/mol. The molecular formula is C27H26Cl4N4O7S3. The Morgan fingerprint density at radius 2 is 1.47 bits per heavy atom. The molecule has 1 fully saturated rings. The number of rotatable bonds is 8. The molecule has 3 N–H and O–H groups in total. The smallest absolute Gasteiger partial charge is 0.342 e. The molecule has 0 radical (unpaired) electrons. The Balaban J connectivity index is 0.000000323. The Kier molecular flexibility index (Phi) is 12.2. The number of nitrogens with one attached hydrogen (secondary N) is 2. The highest BCUT2D eigenvalue weighted by molar-refractivity contribution is 7.87. The van der Waals surface area contributed by atoms with Crippen LogP contribution >= 0.6 is 57.7 Å². The van der Waals surface area contributed by atoms with E-state index >= 15 is 0 Å². The number of urea groups is 1. The van der Waals surface area contributed by atoms with Crippen LogP contribution in [0.3, 0.4) is 0 Å². The van der Waals surface area contributed by atoms with Crippen molar-refractivity contribution >= 4 is 99.4 Å². The van der Waals surface area contributed by atoms with Gasteiger partial charge in [0.05, 0.1) is 30.3 Å². The second-order valence-corrected chi connectivity index (χ2v) is 15.0. The lowest BCUT2D eigenvalue weighted by atomic mass is 10.1. The Morgan fingerprint density at radius 3 is 2.02 bits per heavy atom. The second kappa shape index (κ2) is 15.5. The molecule has 11 nitrogen and oxygen atoms in total. The number of piperidine rings is 1. The van der Waals surface area contributed by atoms with Crippen molar-refractivity contribution in [2.24, 2.45) is 0 Å². The summed E-state index contributed by atoms with van der Waals surface area (Å²) in [6, 6.07) is 12.8. The lowest BCUT2D eigenvalue weighted by Gasteiger charge is -2.26. The molecule has 18 heteroatoms. The normalized spacial score (nSPS) is 14.0. The number of fused-ring (bicyclic) bond motifs is 1. The summed E-state index contributed by atoms with van der Waals surface area (Å²) in [4.78, 5) is 18.2. The summed E-state index contributed by atoms with van der Waals surface area (Å²) in [5.74, 6) is 0.0830. The average molecular weight is 757 g/mol. The van der Waals surface area contributed by atoms with Gasteiger partial charge in [0.25, 0.3) is 10.1 Å². The van der Waals surface area contributed by atoms with E-state index in [0.717, 1.165) is 19.6 Å². The molecule has 1 aromatic heterocycles. The van der Waals surface area contributed by atoms with Crippen molar-refractivity contribution in [3.8, 4) is 5.75 Å². The van der Waals surface area contributed by atoms with Crippen LogP contribution in [-0.4, -0.2) is 63.5 Å². The van der Waals surface area contributed by atoms with E-state index in [1.807, 2.05) is 0 Å². The summed E-state index contributed by atoms with van der Waals surface area (Å²) in [6.07, 6.45) is 3.68. The van der Waals surface area contributed by atoms with Crippen LogP contribution in [0.15, 0.2) is 64.4 Å². The number of carbonyl (C=O) groups is 1. The van der Waals surface area contributed by atoms with Gasteiger partial charge in [-0.15, -0.1) is 0 Å². The van der Waals surface area contributed by atoms with Crippen LogP contribution in [0.25, 0.3) is 10.2 Å². The summed E-state index contributed by atoms with van der Waals surface area (Å²) in [6.45, 7) is 3.52. The SMILES string of the molecule is O=C(NCCN1CCCCC1)Nc1nc2ccc(OS(=O)(=O)c3c(Cl)cccc3Cl)cc2s1.O=S(=O)(O)c1c(Cl)cccc1Cl. The van der Waals surface area contributed by atoms with Gasteiger partial charge in [-0.1, -0.05) is 76.3 Å². The van der Waals surface area contributed by atoms with Crippen molar-refractivity contribution in [3.63, 3.8) is 0 Å². The third-order valence-corrected chi connectivity index (χ3v) is 11.2. The minimum Gasteiger partial charge on any atom is -0.379 e. The van der Waals surface area contributed by atoms with Gasteiger partial charge in [-0.2, -0.15) is 16.8 Å². The van der Waals surface area contributed by atoms with Crippen LogP contribution in [0.2, 0.25) is 20.1 Å². The molecule has 0 spiro atoms. The largest absolute Gasteiger partial charge is 0.379 e. The molecule has 242 valence electrons. The van der Waals surface area contributed by atoms with E-state index in [0.29, 0.717) is 21.9 Å². The molecule has 0 bridgehead atoms. The van der Waals surface area contributed by atoms with Gasteiger partial charge in [0.15, 0.2) is 5.13 Å². The van der Waals surface area contributed by atoms with Gasteiger partial charge in [0.1, 0.15) is 15.5 Å². The topological polar surface area (TPSA) is 155 Å². The highest BCUT2D eigenvalue weighted by Gasteiger charge is 2.24. The fourth-order valence-corrected chi connectivity index (χ4v) is 8.80. The van der Waals surface area contributed by atoms with Crippen LogP contribution in [0, 0.1) is 0 Å². The quantitative estimate of drug-likeness (QED) is 0.125. The van der Waals surface area contributed by atoms with Gasteiger partial charge < -0.3 is 14.4 Å². The highest BCUT2D eigenvalue weighted by atomic mass is 35.5. The fourth-order valence-electron chi connectivity index (χ4n) is 4.28. The summed E-state index contributed by atoms with van der Waals surface area (Å²) in [5.41, 5.74) is 0.601. The Hall–Kier alpha value is -2.40. The second-order valence-electron chi connectivity index (χ2n) is 9.55. The molecule has 45 heavy (non-hydrogen) atoms. The maximum Gasteiger partial charge on any atom is 0.342 e. The number of thiazole rings is 1. The minimum absolute atomic E-state index is 0.0286. The predicted molar refractivity (Wildman–Crippen MR) is 177 cm³/mol. The molecule has 0 saturated carbocycles. The zero-order chi connectivity index (χ0) is 32.8. The Labute approximate surface area is 284 Å². The van der Waals surface area contributed by atoms with E-state index in [9.17, 15) is 21.6 Å². The van der Waals surface area contributed by atoms with E-state index in [4.69, 9.17) is 55.1 Å². The van der Waals surface area contributed by atoms with E-state index in [1.54, 1.807) is 12.1 Å². The van der Waals surface area contributed by atoms with Gasteiger partial charge in [0, 0.05) is 19.2 Å². The third kappa shape index (κ3) is 9.80. The Bertz CT molecular complexity index is 1860. The lowest BCUT2D eigenvalue weighted by Crippen LogP contribution is -2.39. The first kappa shape index (κ1) is 35.5. The van der Waals surface area contributed by atoms with Crippen molar-refractivity contribution in [3.05, 3.63) is 74.7 Å². The molecule has 5 rings (SSSR count). The number of amides is 2. The van der Waals surface area contributed by atoms with Gasteiger partial charge in [-0.25, -0.2) is 9.78 Å². The maximum atomic E-state index is 12.7. The van der Waals surface area contributed by atoms with Gasteiger partial charge in [0.2, 0.25) is 0 Å². The van der Waals surface area contributed by atoms with Crippen molar-refractivity contribution in [2.45, 2.75) is 29.1 Å². The predicted octanol–water partition coefficient (Wildman–Crippen LogP) is 7.22. The first-order valence-corrected chi connectivity index (χ1v) is 18.4. The van der Waals surface area contributed by atoms with Crippen LogP contribution in [-0.2, 0) is 20.2 Å². The van der Waals surface area contributed by atoms with Crippen LogP contribution in [0.5, 0.6) is 5.75 Å². The minimum atomic E-state index is -4.33.